The standard InChI is InChI=1S/C14H18BrN3O2/c1-6-20-13(19)9-7-16-18-11(15)8(2)17-12(18)10(9)14(3,4)5/h7H,6H2,1-5H3. The molecule has 108 valence electrons. The van der Waals surface area contributed by atoms with E-state index in [9.17, 15) is 4.79 Å². The van der Waals surface area contributed by atoms with Crippen molar-refractivity contribution in [3.63, 3.8) is 0 Å². The Morgan fingerprint density at radius 3 is 2.65 bits per heavy atom. The summed E-state index contributed by atoms with van der Waals surface area (Å²) < 4.78 is 7.63. The van der Waals surface area contributed by atoms with Gasteiger partial charge in [-0.15, -0.1) is 0 Å². The molecule has 0 aliphatic rings. The van der Waals surface area contributed by atoms with Crippen molar-refractivity contribution in [2.45, 2.75) is 40.0 Å². The second kappa shape index (κ2) is 5.16. The van der Waals surface area contributed by atoms with Crippen molar-refractivity contribution in [1.82, 2.24) is 14.6 Å². The SMILES string of the molecule is CCOC(=O)c1cnn2c(Br)c(C)nc2c1C(C)(C)C. The average Bonchev–Trinajstić information content (AvgIpc) is 2.63. The molecule has 0 bridgehead atoms. The van der Waals surface area contributed by atoms with Crippen molar-refractivity contribution in [2.24, 2.45) is 0 Å². The van der Waals surface area contributed by atoms with Gasteiger partial charge in [0.05, 0.1) is 24.1 Å². The van der Waals surface area contributed by atoms with Crippen LogP contribution in [0.1, 0.15) is 49.3 Å². The number of halogens is 1. The van der Waals surface area contributed by atoms with Gasteiger partial charge in [-0.1, -0.05) is 20.8 Å². The number of imidazole rings is 1. The van der Waals surface area contributed by atoms with Gasteiger partial charge >= 0.3 is 5.97 Å². The Morgan fingerprint density at radius 1 is 1.45 bits per heavy atom. The fraction of sp³-hybridized carbons (Fsp3) is 0.500. The quantitative estimate of drug-likeness (QED) is 0.788. The number of esters is 1. The Bertz CT molecular complexity index is 671. The molecule has 0 fully saturated rings. The molecular formula is C14H18BrN3O2. The van der Waals surface area contributed by atoms with E-state index in [4.69, 9.17) is 4.74 Å². The van der Waals surface area contributed by atoms with Crippen molar-refractivity contribution >= 4 is 27.5 Å². The molecule has 5 nitrogen and oxygen atoms in total. The van der Waals surface area contributed by atoms with Gasteiger partial charge in [0.25, 0.3) is 0 Å². The minimum absolute atomic E-state index is 0.247. The topological polar surface area (TPSA) is 56.5 Å². The maximum absolute atomic E-state index is 12.1. The van der Waals surface area contributed by atoms with Crippen molar-refractivity contribution in [3.8, 4) is 0 Å². The van der Waals surface area contributed by atoms with Crippen LogP contribution in [0.3, 0.4) is 0 Å². The molecule has 6 heteroatoms. The van der Waals surface area contributed by atoms with Crippen molar-refractivity contribution in [2.75, 3.05) is 6.61 Å². The van der Waals surface area contributed by atoms with Crippen molar-refractivity contribution in [1.29, 1.82) is 0 Å². The Kier molecular flexibility index (Phi) is 3.86. The molecule has 20 heavy (non-hydrogen) atoms. The lowest BCUT2D eigenvalue weighted by Crippen LogP contribution is -2.21. The zero-order valence-corrected chi connectivity index (χ0v) is 13.9. The Morgan fingerprint density at radius 2 is 2.10 bits per heavy atom. The summed E-state index contributed by atoms with van der Waals surface area (Å²) in [6.45, 7) is 10.2. The molecule has 0 N–H and O–H groups in total. The van der Waals surface area contributed by atoms with E-state index in [1.54, 1.807) is 17.6 Å². The molecule has 2 aromatic rings. The van der Waals surface area contributed by atoms with Gasteiger partial charge in [0.1, 0.15) is 4.60 Å². The van der Waals surface area contributed by atoms with Gasteiger partial charge < -0.3 is 4.74 Å². The second-order valence-electron chi connectivity index (χ2n) is 5.63. The lowest BCUT2D eigenvalue weighted by Gasteiger charge is -2.22. The van der Waals surface area contributed by atoms with E-state index in [1.165, 1.54) is 0 Å². The third kappa shape index (κ3) is 2.44. The summed E-state index contributed by atoms with van der Waals surface area (Å²) in [5.41, 5.74) is 2.60. The highest BCUT2D eigenvalue weighted by Gasteiger charge is 2.28. The number of fused-ring (bicyclic) bond motifs is 1. The number of nitrogens with zero attached hydrogens (tertiary/aromatic N) is 3. The number of carbonyl (C=O) groups excluding carboxylic acids is 1. The van der Waals surface area contributed by atoms with Crippen LogP contribution in [0.5, 0.6) is 0 Å². The highest BCUT2D eigenvalue weighted by molar-refractivity contribution is 9.10. The Labute approximate surface area is 126 Å². The lowest BCUT2D eigenvalue weighted by atomic mass is 9.85. The summed E-state index contributed by atoms with van der Waals surface area (Å²) in [6.07, 6.45) is 1.55. The van der Waals surface area contributed by atoms with Gasteiger partial charge in [0.2, 0.25) is 0 Å². The van der Waals surface area contributed by atoms with Gasteiger partial charge in [-0.2, -0.15) is 5.10 Å². The smallest absolute Gasteiger partial charge is 0.340 e. The molecular weight excluding hydrogens is 322 g/mol. The minimum atomic E-state index is -0.357. The van der Waals surface area contributed by atoms with Crippen LogP contribution < -0.4 is 0 Å². The van der Waals surface area contributed by atoms with Crippen LogP contribution >= 0.6 is 15.9 Å². The first kappa shape index (κ1) is 15.0. The van der Waals surface area contributed by atoms with E-state index in [2.05, 4.69) is 26.0 Å². The third-order valence-corrected chi connectivity index (χ3v) is 3.91. The van der Waals surface area contributed by atoms with E-state index >= 15 is 0 Å². The van der Waals surface area contributed by atoms with Gasteiger partial charge in [0, 0.05) is 5.56 Å². The second-order valence-corrected chi connectivity index (χ2v) is 6.38. The van der Waals surface area contributed by atoms with E-state index in [0.29, 0.717) is 17.8 Å². The zero-order chi connectivity index (χ0) is 15.1. The highest BCUT2D eigenvalue weighted by atomic mass is 79.9. The predicted octanol–water partition coefficient (Wildman–Crippen LogP) is 3.27. The minimum Gasteiger partial charge on any atom is -0.462 e. The molecule has 2 rings (SSSR count). The maximum Gasteiger partial charge on any atom is 0.340 e. The van der Waals surface area contributed by atoms with Crippen LogP contribution in [0.4, 0.5) is 0 Å². The third-order valence-electron chi connectivity index (χ3n) is 3.00. The van der Waals surface area contributed by atoms with E-state index in [-0.39, 0.29) is 11.4 Å². The van der Waals surface area contributed by atoms with E-state index < -0.39 is 0 Å². The summed E-state index contributed by atoms with van der Waals surface area (Å²) in [7, 11) is 0. The highest BCUT2D eigenvalue weighted by Crippen LogP contribution is 2.31. The molecule has 0 saturated heterocycles. The lowest BCUT2D eigenvalue weighted by molar-refractivity contribution is 0.0523. The molecule has 0 atom stereocenters. The molecule has 2 heterocycles. The summed E-state index contributed by atoms with van der Waals surface area (Å²) in [5.74, 6) is -0.357. The van der Waals surface area contributed by atoms with Gasteiger partial charge in [-0.3, -0.25) is 0 Å². The monoisotopic (exact) mass is 339 g/mol. The molecule has 0 aromatic carbocycles. The van der Waals surface area contributed by atoms with E-state index in [1.807, 2.05) is 27.7 Å². The summed E-state index contributed by atoms with van der Waals surface area (Å²) in [4.78, 5) is 16.7. The molecule has 0 amide bonds. The summed E-state index contributed by atoms with van der Waals surface area (Å²) in [6, 6.07) is 0. The van der Waals surface area contributed by atoms with Gasteiger partial charge in [0.15, 0.2) is 5.65 Å². The number of aromatic nitrogens is 3. The van der Waals surface area contributed by atoms with Crippen LogP contribution in [0.2, 0.25) is 0 Å². The number of hydrogen-bond acceptors (Lipinski definition) is 4. The molecule has 0 unspecified atom stereocenters. The molecule has 0 aliphatic carbocycles. The van der Waals surface area contributed by atoms with Crippen LogP contribution in [-0.4, -0.2) is 27.2 Å². The number of carbonyl (C=O) groups is 1. The van der Waals surface area contributed by atoms with Crippen LogP contribution in [-0.2, 0) is 10.2 Å². The number of rotatable bonds is 2. The van der Waals surface area contributed by atoms with Gasteiger partial charge in [-0.25, -0.2) is 14.3 Å². The first-order valence-corrected chi connectivity index (χ1v) is 7.28. The molecule has 0 saturated carbocycles. The molecule has 0 spiro atoms. The summed E-state index contributed by atoms with van der Waals surface area (Å²) in [5, 5.41) is 4.29. The Hall–Kier alpha value is -1.43. The normalized spacial score (nSPS) is 11.9. The maximum atomic E-state index is 12.1. The van der Waals surface area contributed by atoms with Crippen LogP contribution in [0.15, 0.2) is 10.8 Å². The molecule has 0 aliphatic heterocycles. The first-order chi connectivity index (χ1) is 9.27. The van der Waals surface area contributed by atoms with Crippen LogP contribution in [0.25, 0.3) is 5.65 Å². The fourth-order valence-electron chi connectivity index (χ4n) is 2.17. The summed E-state index contributed by atoms with van der Waals surface area (Å²) >= 11 is 3.47. The number of ether oxygens (including phenoxy) is 1. The van der Waals surface area contributed by atoms with Crippen molar-refractivity contribution in [3.05, 3.63) is 27.6 Å². The first-order valence-electron chi connectivity index (χ1n) is 6.48. The fourth-order valence-corrected chi connectivity index (χ4v) is 2.52. The Balaban J connectivity index is 2.80. The van der Waals surface area contributed by atoms with E-state index in [0.717, 1.165) is 15.9 Å². The zero-order valence-electron chi connectivity index (χ0n) is 12.3. The average molecular weight is 340 g/mol. The number of aryl methyl sites for hydroxylation is 1. The van der Waals surface area contributed by atoms with Gasteiger partial charge in [-0.05, 0) is 35.2 Å². The van der Waals surface area contributed by atoms with Crippen molar-refractivity contribution < 1.29 is 9.53 Å². The molecule has 0 radical (unpaired) electrons. The largest absolute Gasteiger partial charge is 0.462 e. The predicted molar refractivity (Wildman–Crippen MR) is 80.1 cm³/mol. The molecule has 2 aromatic heterocycles. The number of hydrogen-bond donors (Lipinski definition) is 0. The van der Waals surface area contributed by atoms with Crippen LogP contribution in [0, 0.1) is 6.92 Å².